The summed E-state index contributed by atoms with van der Waals surface area (Å²) in [6.07, 6.45) is 1.00. The fraction of sp³-hybridized carbons (Fsp3) is 0.933. The summed E-state index contributed by atoms with van der Waals surface area (Å²) in [5.74, 6) is -0.260. The van der Waals surface area contributed by atoms with Gasteiger partial charge in [0.2, 0.25) is 5.91 Å². The predicted molar refractivity (Wildman–Crippen MR) is 83.7 cm³/mol. The number of piperazine rings is 1. The van der Waals surface area contributed by atoms with Crippen LogP contribution in [0, 0.1) is 0 Å². The zero-order valence-corrected chi connectivity index (χ0v) is 13.8. The van der Waals surface area contributed by atoms with E-state index >= 15 is 0 Å². The number of carbonyl (C=O) groups is 1. The van der Waals surface area contributed by atoms with Crippen LogP contribution in [0.2, 0.25) is 0 Å². The Kier molecular flexibility index (Phi) is 5.98. The van der Waals surface area contributed by atoms with Crippen LogP contribution in [-0.2, 0) is 4.79 Å². The van der Waals surface area contributed by atoms with Gasteiger partial charge in [-0.05, 0) is 40.7 Å². The van der Waals surface area contributed by atoms with E-state index in [1.54, 1.807) is 0 Å². The molecule has 0 aromatic carbocycles. The van der Waals surface area contributed by atoms with Crippen LogP contribution in [-0.4, -0.2) is 66.1 Å². The molecule has 0 aromatic rings. The number of amides is 1. The number of hydrogen-bond acceptors (Lipinski definition) is 4. The Labute approximate surface area is 123 Å². The second-order valence-corrected chi connectivity index (χ2v) is 7.06. The molecule has 3 N–H and O–H groups in total. The summed E-state index contributed by atoms with van der Waals surface area (Å²) in [5, 5.41) is 3.30. The number of rotatable bonds is 6. The van der Waals surface area contributed by atoms with Gasteiger partial charge in [0.25, 0.3) is 0 Å². The van der Waals surface area contributed by atoms with Crippen molar-refractivity contribution >= 4 is 5.91 Å². The summed E-state index contributed by atoms with van der Waals surface area (Å²) >= 11 is 0. The molecule has 0 spiro atoms. The van der Waals surface area contributed by atoms with Gasteiger partial charge in [0.15, 0.2) is 0 Å². The summed E-state index contributed by atoms with van der Waals surface area (Å²) < 4.78 is 0. The van der Waals surface area contributed by atoms with Gasteiger partial charge in [-0.1, -0.05) is 6.92 Å². The number of hydrogen-bond donors (Lipinski definition) is 2. The lowest BCUT2D eigenvalue weighted by atomic mass is 9.99. The van der Waals surface area contributed by atoms with Crippen molar-refractivity contribution in [3.63, 3.8) is 0 Å². The van der Waals surface area contributed by atoms with Gasteiger partial charge in [0.05, 0.1) is 0 Å². The van der Waals surface area contributed by atoms with Crippen molar-refractivity contribution in [2.24, 2.45) is 5.73 Å². The fourth-order valence-electron chi connectivity index (χ4n) is 2.65. The number of carbonyl (C=O) groups excluding carboxylic acids is 1. The second kappa shape index (κ2) is 6.87. The van der Waals surface area contributed by atoms with Crippen LogP contribution in [0.5, 0.6) is 0 Å². The highest BCUT2D eigenvalue weighted by molar-refractivity contribution is 5.84. The van der Waals surface area contributed by atoms with Crippen LogP contribution in [0.25, 0.3) is 0 Å². The molecule has 0 aromatic heterocycles. The Balaban J connectivity index is 2.54. The molecule has 1 heterocycles. The molecule has 0 saturated carbocycles. The molecule has 1 saturated heterocycles. The van der Waals surface area contributed by atoms with E-state index in [0.717, 1.165) is 39.1 Å². The molecule has 1 unspecified atom stereocenters. The lowest BCUT2D eigenvalue weighted by Gasteiger charge is -2.44. The van der Waals surface area contributed by atoms with Crippen LogP contribution in [0.15, 0.2) is 0 Å². The van der Waals surface area contributed by atoms with Crippen LogP contribution >= 0.6 is 0 Å². The first-order valence-corrected chi connectivity index (χ1v) is 7.71. The van der Waals surface area contributed by atoms with Gasteiger partial charge in [-0.15, -0.1) is 0 Å². The minimum Gasteiger partial charge on any atom is -0.368 e. The Morgan fingerprint density at radius 1 is 1.15 bits per heavy atom. The Morgan fingerprint density at radius 2 is 1.70 bits per heavy atom. The van der Waals surface area contributed by atoms with E-state index in [1.807, 2.05) is 6.92 Å². The first-order chi connectivity index (χ1) is 9.19. The molecule has 118 valence electrons. The lowest BCUT2D eigenvalue weighted by molar-refractivity contribution is -0.124. The maximum absolute atomic E-state index is 11.7. The average Bonchev–Trinajstić information content (AvgIpc) is 2.35. The molecule has 1 amide bonds. The molecular formula is C15H32N4O. The highest BCUT2D eigenvalue weighted by Gasteiger charge is 2.34. The van der Waals surface area contributed by atoms with Crippen molar-refractivity contribution in [3.8, 4) is 0 Å². The molecular weight excluding hydrogens is 252 g/mol. The van der Waals surface area contributed by atoms with E-state index in [2.05, 4.69) is 42.8 Å². The van der Waals surface area contributed by atoms with E-state index in [4.69, 9.17) is 5.73 Å². The predicted octanol–water partition coefficient (Wildman–Crippen LogP) is 0.646. The molecule has 0 bridgehead atoms. The Bertz CT molecular complexity index is 318. The Morgan fingerprint density at radius 3 is 2.10 bits per heavy atom. The SMILES string of the molecule is CCCNC(C)(CN1CCN(C(C)(C)C)CC1)C(N)=O. The highest BCUT2D eigenvalue weighted by atomic mass is 16.1. The van der Waals surface area contributed by atoms with Crippen LogP contribution in [0.4, 0.5) is 0 Å². The average molecular weight is 284 g/mol. The molecule has 20 heavy (non-hydrogen) atoms. The molecule has 1 rings (SSSR count). The summed E-state index contributed by atoms with van der Waals surface area (Å²) in [4.78, 5) is 16.6. The zero-order valence-electron chi connectivity index (χ0n) is 13.8. The summed E-state index contributed by atoms with van der Waals surface area (Å²) in [6.45, 7) is 16.4. The largest absolute Gasteiger partial charge is 0.368 e. The highest BCUT2D eigenvalue weighted by Crippen LogP contribution is 2.17. The van der Waals surface area contributed by atoms with E-state index in [-0.39, 0.29) is 11.4 Å². The van der Waals surface area contributed by atoms with Gasteiger partial charge in [0.1, 0.15) is 5.54 Å². The van der Waals surface area contributed by atoms with Crippen molar-refractivity contribution in [1.82, 2.24) is 15.1 Å². The molecule has 1 atom stereocenters. The monoisotopic (exact) mass is 284 g/mol. The summed E-state index contributed by atoms with van der Waals surface area (Å²) in [7, 11) is 0. The van der Waals surface area contributed by atoms with Crippen molar-refractivity contribution < 1.29 is 4.79 Å². The smallest absolute Gasteiger partial charge is 0.238 e. The fourth-order valence-corrected chi connectivity index (χ4v) is 2.65. The topological polar surface area (TPSA) is 61.6 Å². The van der Waals surface area contributed by atoms with Crippen molar-refractivity contribution in [2.75, 3.05) is 39.3 Å². The van der Waals surface area contributed by atoms with Crippen LogP contribution in [0.1, 0.15) is 41.0 Å². The number of nitrogens with zero attached hydrogens (tertiary/aromatic N) is 2. The lowest BCUT2D eigenvalue weighted by Crippen LogP contribution is -2.62. The van der Waals surface area contributed by atoms with Gasteiger partial charge in [-0.2, -0.15) is 0 Å². The van der Waals surface area contributed by atoms with Gasteiger partial charge >= 0.3 is 0 Å². The van der Waals surface area contributed by atoms with E-state index in [0.29, 0.717) is 6.54 Å². The third-order valence-corrected chi connectivity index (χ3v) is 4.17. The minimum absolute atomic E-state index is 0.222. The molecule has 0 radical (unpaired) electrons. The van der Waals surface area contributed by atoms with E-state index in [1.165, 1.54) is 0 Å². The van der Waals surface area contributed by atoms with Crippen molar-refractivity contribution in [3.05, 3.63) is 0 Å². The maximum atomic E-state index is 11.7. The molecule has 1 fully saturated rings. The quantitative estimate of drug-likeness (QED) is 0.752. The third-order valence-electron chi connectivity index (χ3n) is 4.17. The normalized spacial score (nSPS) is 21.6. The molecule has 5 nitrogen and oxygen atoms in total. The standard InChI is InChI=1S/C15H32N4O/c1-6-7-17-15(5,13(16)20)12-18-8-10-19(11-9-18)14(2,3)4/h17H,6-12H2,1-5H3,(H2,16,20). The summed E-state index contributed by atoms with van der Waals surface area (Å²) in [6, 6.07) is 0. The van der Waals surface area contributed by atoms with Gasteiger partial charge in [-0.25, -0.2) is 0 Å². The van der Waals surface area contributed by atoms with Crippen LogP contribution < -0.4 is 11.1 Å². The third kappa shape index (κ3) is 4.72. The van der Waals surface area contributed by atoms with Crippen LogP contribution in [0.3, 0.4) is 0 Å². The van der Waals surface area contributed by atoms with E-state index in [9.17, 15) is 4.79 Å². The van der Waals surface area contributed by atoms with Crippen molar-refractivity contribution in [1.29, 1.82) is 0 Å². The van der Waals surface area contributed by atoms with Gasteiger partial charge in [0, 0.05) is 38.3 Å². The number of nitrogens with one attached hydrogen (secondary N) is 1. The molecule has 5 heteroatoms. The first kappa shape index (κ1) is 17.4. The zero-order chi connectivity index (χ0) is 15.4. The maximum Gasteiger partial charge on any atom is 0.238 e. The minimum atomic E-state index is -0.625. The van der Waals surface area contributed by atoms with Gasteiger partial charge in [-0.3, -0.25) is 14.6 Å². The molecule has 1 aliphatic rings. The van der Waals surface area contributed by atoms with Crippen molar-refractivity contribution in [2.45, 2.75) is 52.1 Å². The Hall–Kier alpha value is -0.650. The molecule has 1 aliphatic heterocycles. The summed E-state index contributed by atoms with van der Waals surface area (Å²) in [5.41, 5.74) is 5.18. The number of nitrogens with two attached hydrogens (primary N) is 1. The number of primary amides is 1. The van der Waals surface area contributed by atoms with Gasteiger partial charge < -0.3 is 11.1 Å². The first-order valence-electron chi connectivity index (χ1n) is 7.71. The van der Waals surface area contributed by atoms with E-state index < -0.39 is 5.54 Å². The second-order valence-electron chi connectivity index (χ2n) is 7.06. The molecule has 0 aliphatic carbocycles.